The van der Waals surface area contributed by atoms with E-state index in [-0.39, 0.29) is 17.1 Å². The van der Waals surface area contributed by atoms with Gasteiger partial charge in [0, 0.05) is 12.1 Å². The number of rotatable bonds is 7. The van der Waals surface area contributed by atoms with Crippen LogP contribution in [0.1, 0.15) is 11.1 Å². The van der Waals surface area contributed by atoms with Crippen LogP contribution in [0, 0.1) is 10.1 Å². The molecular weight excluding hydrogens is 480 g/mol. The van der Waals surface area contributed by atoms with Crippen molar-refractivity contribution in [2.75, 3.05) is 6.61 Å². The molecule has 0 bridgehead atoms. The summed E-state index contributed by atoms with van der Waals surface area (Å²) in [5.41, 5.74) is 1.13. The SMILES string of the molecule is O=C(O)COc1ccc(/C=C2\SC(=O)N(Cc3ccc([N+](=O)[O-])cc3)C2=O)cc1Br. The van der Waals surface area contributed by atoms with E-state index in [0.29, 0.717) is 21.3 Å². The average Bonchev–Trinajstić information content (AvgIpc) is 2.95. The highest BCUT2D eigenvalue weighted by atomic mass is 79.9. The van der Waals surface area contributed by atoms with E-state index >= 15 is 0 Å². The van der Waals surface area contributed by atoms with E-state index in [0.717, 1.165) is 16.7 Å². The molecule has 9 nitrogen and oxygen atoms in total. The van der Waals surface area contributed by atoms with Crippen molar-refractivity contribution in [2.45, 2.75) is 6.54 Å². The van der Waals surface area contributed by atoms with Gasteiger partial charge in [-0.3, -0.25) is 24.6 Å². The molecule has 1 aliphatic heterocycles. The van der Waals surface area contributed by atoms with Gasteiger partial charge in [-0.05, 0) is 57.0 Å². The lowest BCUT2D eigenvalue weighted by Gasteiger charge is -2.12. The van der Waals surface area contributed by atoms with E-state index in [2.05, 4.69) is 15.9 Å². The molecule has 1 saturated heterocycles. The maximum Gasteiger partial charge on any atom is 0.341 e. The molecule has 11 heteroatoms. The zero-order chi connectivity index (χ0) is 21.8. The Morgan fingerprint density at radius 3 is 2.53 bits per heavy atom. The van der Waals surface area contributed by atoms with Crippen LogP contribution in [0.5, 0.6) is 5.75 Å². The highest BCUT2D eigenvalue weighted by Gasteiger charge is 2.35. The molecule has 154 valence electrons. The number of non-ortho nitro benzene ring substituents is 1. The summed E-state index contributed by atoms with van der Waals surface area (Å²) in [6, 6.07) is 10.5. The third kappa shape index (κ3) is 5.05. The number of nitro groups is 1. The molecule has 1 heterocycles. The van der Waals surface area contributed by atoms with Crippen LogP contribution in [-0.2, 0) is 16.1 Å². The lowest BCUT2D eigenvalue weighted by Crippen LogP contribution is -2.27. The number of halogens is 1. The molecule has 30 heavy (non-hydrogen) atoms. The number of aliphatic carboxylic acids is 1. The maximum atomic E-state index is 12.6. The summed E-state index contributed by atoms with van der Waals surface area (Å²) in [5, 5.41) is 19.0. The number of thioether (sulfide) groups is 1. The van der Waals surface area contributed by atoms with Crippen molar-refractivity contribution < 1.29 is 29.2 Å². The monoisotopic (exact) mass is 492 g/mol. The smallest absolute Gasteiger partial charge is 0.341 e. The molecule has 2 aromatic carbocycles. The second-order valence-corrected chi connectivity index (χ2v) is 7.91. The molecule has 2 aromatic rings. The largest absolute Gasteiger partial charge is 0.481 e. The molecule has 1 N–H and O–H groups in total. The van der Waals surface area contributed by atoms with E-state index in [1.807, 2.05) is 0 Å². The minimum absolute atomic E-state index is 0.00562. The summed E-state index contributed by atoms with van der Waals surface area (Å²) in [6.07, 6.45) is 1.55. The first-order chi connectivity index (χ1) is 14.2. The van der Waals surface area contributed by atoms with E-state index in [1.165, 1.54) is 24.3 Å². The normalized spacial score (nSPS) is 15.0. The first-order valence-corrected chi connectivity index (χ1v) is 9.98. The van der Waals surface area contributed by atoms with Gasteiger partial charge < -0.3 is 9.84 Å². The van der Waals surface area contributed by atoms with Gasteiger partial charge in [-0.25, -0.2) is 4.79 Å². The second-order valence-electron chi connectivity index (χ2n) is 6.06. The van der Waals surface area contributed by atoms with E-state index in [9.17, 15) is 24.5 Å². The molecule has 0 aromatic heterocycles. The third-order valence-corrected chi connectivity index (χ3v) is 5.49. The summed E-state index contributed by atoms with van der Waals surface area (Å²) < 4.78 is 5.63. The first kappa shape index (κ1) is 21.5. The lowest BCUT2D eigenvalue weighted by molar-refractivity contribution is -0.384. The zero-order valence-corrected chi connectivity index (χ0v) is 17.5. The van der Waals surface area contributed by atoms with Gasteiger partial charge in [-0.1, -0.05) is 18.2 Å². The number of amides is 2. The number of ether oxygens (including phenoxy) is 1. The Morgan fingerprint density at radius 2 is 1.93 bits per heavy atom. The minimum Gasteiger partial charge on any atom is -0.481 e. The number of hydrogen-bond donors (Lipinski definition) is 1. The van der Waals surface area contributed by atoms with E-state index in [4.69, 9.17) is 9.84 Å². The topological polar surface area (TPSA) is 127 Å². The Balaban J connectivity index is 1.73. The molecule has 0 unspecified atom stereocenters. The highest BCUT2D eigenvalue weighted by Crippen LogP contribution is 2.34. The summed E-state index contributed by atoms with van der Waals surface area (Å²) in [7, 11) is 0. The number of benzene rings is 2. The van der Waals surface area contributed by atoms with Crippen LogP contribution >= 0.6 is 27.7 Å². The third-order valence-electron chi connectivity index (χ3n) is 3.97. The first-order valence-electron chi connectivity index (χ1n) is 8.37. The van der Waals surface area contributed by atoms with Crippen LogP contribution in [-0.4, -0.2) is 38.7 Å². The summed E-state index contributed by atoms with van der Waals surface area (Å²) in [6.45, 7) is -0.481. The molecule has 0 saturated carbocycles. The lowest BCUT2D eigenvalue weighted by atomic mass is 10.2. The molecule has 1 fully saturated rings. The molecule has 2 amide bonds. The fourth-order valence-electron chi connectivity index (χ4n) is 2.56. The molecule has 3 rings (SSSR count). The number of nitro benzene ring substituents is 1. The summed E-state index contributed by atoms with van der Waals surface area (Å²) in [4.78, 5) is 47.0. The van der Waals surface area contributed by atoms with Crippen LogP contribution in [0.2, 0.25) is 0 Å². The molecule has 0 spiro atoms. The van der Waals surface area contributed by atoms with Crippen molar-refractivity contribution in [3.8, 4) is 5.75 Å². The number of carboxylic acids is 1. The van der Waals surface area contributed by atoms with Crippen molar-refractivity contribution >= 4 is 56.6 Å². The second kappa shape index (κ2) is 9.09. The van der Waals surface area contributed by atoms with E-state index in [1.54, 1.807) is 24.3 Å². The molecule has 0 aliphatic carbocycles. The number of carbonyl (C=O) groups is 3. The van der Waals surface area contributed by atoms with Gasteiger partial charge in [0.15, 0.2) is 6.61 Å². The fraction of sp³-hybridized carbons (Fsp3) is 0.105. The van der Waals surface area contributed by atoms with E-state index < -0.39 is 28.6 Å². The Labute approximate surface area is 182 Å². The van der Waals surface area contributed by atoms with Gasteiger partial charge in [0.1, 0.15) is 5.75 Å². The van der Waals surface area contributed by atoms with Crippen molar-refractivity contribution in [1.82, 2.24) is 4.90 Å². The van der Waals surface area contributed by atoms with Gasteiger partial charge in [0.2, 0.25) is 0 Å². The van der Waals surface area contributed by atoms with Crippen LogP contribution < -0.4 is 4.74 Å². The molecule has 1 aliphatic rings. The van der Waals surface area contributed by atoms with Gasteiger partial charge in [0.05, 0.1) is 20.8 Å². The van der Waals surface area contributed by atoms with Gasteiger partial charge in [-0.15, -0.1) is 0 Å². The maximum absolute atomic E-state index is 12.6. The van der Waals surface area contributed by atoms with Gasteiger partial charge in [0.25, 0.3) is 16.8 Å². The highest BCUT2D eigenvalue weighted by molar-refractivity contribution is 9.10. The van der Waals surface area contributed by atoms with Gasteiger partial charge in [-0.2, -0.15) is 0 Å². The Hall–Kier alpha value is -3.18. The predicted molar refractivity (Wildman–Crippen MR) is 112 cm³/mol. The van der Waals surface area contributed by atoms with Crippen LogP contribution in [0.25, 0.3) is 6.08 Å². The number of nitrogens with zero attached hydrogens (tertiary/aromatic N) is 2. The van der Waals surface area contributed by atoms with Crippen molar-refractivity contribution in [3.63, 3.8) is 0 Å². The number of carboxylic acid groups (broad SMARTS) is 1. The summed E-state index contributed by atoms with van der Waals surface area (Å²) >= 11 is 4.08. The van der Waals surface area contributed by atoms with Crippen LogP contribution in [0.3, 0.4) is 0 Å². The summed E-state index contributed by atoms with van der Waals surface area (Å²) in [5.74, 6) is -1.24. The zero-order valence-electron chi connectivity index (χ0n) is 15.1. The fourth-order valence-corrected chi connectivity index (χ4v) is 3.91. The van der Waals surface area contributed by atoms with Crippen molar-refractivity contribution in [2.24, 2.45) is 0 Å². The Bertz CT molecular complexity index is 1070. The van der Waals surface area contributed by atoms with Crippen LogP contribution in [0.15, 0.2) is 51.8 Å². The molecule has 0 atom stereocenters. The standard InChI is InChI=1S/C19H13BrN2O7S/c20-14-7-12(3-6-15(14)29-10-17(23)24)8-16-18(25)21(19(26)30-16)9-11-1-4-13(5-2-11)22(27)28/h1-8H,9-10H2,(H,23,24)/b16-8-. The predicted octanol–water partition coefficient (Wildman–Crippen LogP) is 4.06. The number of hydrogen-bond acceptors (Lipinski definition) is 7. The number of imide groups is 1. The Kier molecular flexibility index (Phi) is 6.53. The molecule has 0 radical (unpaired) electrons. The van der Waals surface area contributed by atoms with Gasteiger partial charge >= 0.3 is 5.97 Å². The molecular formula is C19H13BrN2O7S. The van der Waals surface area contributed by atoms with Crippen LogP contribution in [0.4, 0.5) is 10.5 Å². The minimum atomic E-state index is -1.10. The van der Waals surface area contributed by atoms with Crippen molar-refractivity contribution in [1.29, 1.82) is 0 Å². The van der Waals surface area contributed by atoms with Crippen molar-refractivity contribution in [3.05, 3.63) is 73.1 Å². The Morgan fingerprint density at radius 1 is 1.23 bits per heavy atom. The average molecular weight is 493 g/mol. The number of carbonyl (C=O) groups excluding carboxylic acids is 2. The quantitative estimate of drug-likeness (QED) is 0.348.